The maximum Gasteiger partial charge on any atom is 0.296 e. The molecule has 22 nitrogen and oxygen atoms in total. The quantitative estimate of drug-likeness (QED) is 0.0287. The average Bonchev–Trinajstić information content (AvgIpc) is 3.19. The van der Waals surface area contributed by atoms with Gasteiger partial charge in [-0.25, -0.2) is 0 Å². The van der Waals surface area contributed by atoms with Gasteiger partial charge in [0.2, 0.25) is 11.9 Å². The highest BCUT2D eigenvalue weighted by Crippen LogP contribution is 2.29. The van der Waals surface area contributed by atoms with Gasteiger partial charge in [0, 0.05) is 25.3 Å². The molecule has 26 heteroatoms. The van der Waals surface area contributed by atoms with Crippen LogP contribution in [0.15, 0.2) is 115 Å². The standard InChI is InChI=1S/C35H37N9O13S4/c1-56-60(52,53)31-18-30(19-32(20-31)61(54,55)57-2)44-42-28-10-8-26(9-11-28)37-35-39-33(38-34(40-35)36-12-3-13-45)17-23-4-6-27(7-5-23)41-43-29-15-24(21-58(46,47)48)14-25(16-29)22-59(49,50)51/h4-11,14-16,18-20,45H,3,12-13,17,21-22H2,1-2H3,(H,46,47,48)(H,49,50,51)(H2,36,37,38,39,40). The lowest BCUT2D eigenvalue weighted by molar-refractivity contribution is 0.292. The van der Waals surface area contributed by atoms with Crippen LogP contribution in [0.5, 0.6) is 0 Å². The Hall–Kier alpha value is -5.71. The number of rotatable bonds is 20. The Morgan fingerprint density at radius 1 is 0.574 bits per heavy atom. The Balaban J connectivity index is 1.32. The molecule has 0 spiro atoms. The van der Waals surface area contributed by atoms with Crippen molar-refractivity contribution in [2.24, 2.45) is 20.5 Å². The van der Waals surface area contributed by atoms with E-state index in [4.69, 9.17) is 0 Å². The number of azo groups is 2. The molecule has 0 aliphatic rings. The molecule has 0 fully saturated rings. The van der Waals surface area contributed by atoms with Crippen molar-refractivity contribution in [1.82, 2.24) is 15.0 Å². The van der Waals surface area contributed by atoms with E-state index in [0.717, 1.165) is 38.0 Å². The summed E-state index contributed by atoms with van der Waals surface area (Å²) in [4.78, 5) is 12.5. The summed E-state index contributed by atoms with van der Waals surface area (Å²) >= 11 is 0. The first-order valence-corrected chi connectivity index (χ1v) is 23.4. The minimum Gasteiger partial charge on any atom is -0.396 e. The highest BCUT2D eigenvalue weighted by molar-refractivity contribution is 7.87. The molecule has 5 rings (SSSR count). The van der Waals surface area contributed by atoms with Crippen molar-refractivity contribution < 1.29 is 56.2 Å². The lowest BCUT2D eigenvalue weighted by atomic mass is 10.1. The molecular formula is C35H37N9O13S4. The van der Waals surface area contributed by atoms with Crippen LogP contribution in [0.4, 0.5) is 40.3 Å². The summed E-state index contributed by atoms with van der Waals surface area (Å²) in [6.45, 7) is 0.310. The van der Waals surface area contributed by atoms with Gasteiger partial charge < -0.3 is 15.7 Å². The second-order valence-corrected chi connectivity index (χ2v) is 19.0. The molecule has 0 saturated heterocycles. The number of hydrogen-bond donors (Lipinski definition) is 5. The van der Waals surface area contributed by atoms with Crippen molar-refractivity contribution >= 4 is 80.8 Å². The van der Waals surface area contributed by atoms with Crippen LogP contribution in [0.25, 0.3) is 0 Å². The van der Waals surface area contributed by atoms with E-state index in [1.54, 1.807) is 48.5 Å². The number of aliphatic hydroxyl groups is 1. The zero-order chi connectivity index (χ0) is 44.4. The maximum atomic E-state index is 12.3. The summed E-state index contributed by atoms with van der Waals surface area (Å²) in [7, 11) is -15.6. The SMILES string of the molecule is COS(=O)(=O)c1cc(N=Nc2ccc(Nc3nc(Cc4ccc(N=Nc5cc(CS(=O)(=O)O)cc(CS(=O)(=O)O)c5)cc4)nc(NCCCO)n3)cc2)cc(S(=O)(=O)OC)c1. The highest BCUT2D eigenvalue weighted by Gasteiger charge is 2.21. The number of aromatic nitrogens is 3. The first-order chi connectivity index (χ1) is 28.7. The van der Waals surface area contributed by atoms with Gasteiger partial charge in [0.15, 0.2) is 0 Å². The van der Waals surface area contributed by atoms with E-state index in [9.17, 15) is 47.9 Å². The predicted octanol–water partition coefficient (Wildman–Crippen LogP) is 5.28. The van der Waals surface area contributed by atoms with Crippen LogP contribution in [0, 0.1) is 0 Å². The molecule has 0 atom stereocenters. The number of nitrogens with zero attached hydrogens (tertiary/aromatic N) is 7. The number of nitrogens with one attached hydrogen (secondary N) is 2. The van der Waals surface area contributed by atoms with Crippen LogP contribution in [-0.2, 0) is 66.8 Å². The third-order valence-corrected chi connectivity index (χ3v) is 11.8. The summed E-state index contributed by atoms with van der Waals surface area (Å²) in [5.74, 6) is -0.859. The van der Waals surface area contributed by atoms with Crippen LogP contribution in [0.1, 0.15) is 28.9 Å². The smallest absolute Gasteiger partial charge is 0.296 e. The summed E-state index contributed by atoms with van der Waals surface area (Å²) in [5, 5.41) is 31.7. The van der Waals surface area contributed by atoms with Crippen molar-refractivity contribution in [3.05, 3.63) is 107 Å². The Kier molecular flexibility index (Phi) is 15.0. The van der Waals surface area contributed by atoms with E-state index in [1.807, 2.05) is 0 Å². The third kappa shape index (κ3) is 14.5. The fourth-order valence-corrected chi connectivity index (χ4v) is 7.94. The van der Waals surface area contributed by atoms with Gasteiger partial charge in [0.25, 0.3) is 40.5 Å². The van der Waals surface area contributed by atoms with Gasteiger partial charge in [-0.3, -0.25) is 17.5 Å². The van der Waals surface area contributed by atoms with E-state index in [2.05, 4.69) is 54.4 Å². The number of hydrogen-bond acceptors (Lipinski definition) is 20. The van der Waals surface area contributed by atoms with Crippen LogP contribution >= 0.6 is 0 Å². The average molecular weight is 920 g/mol. The van der Waals surface area contributed by atoms with Crippen LogP contribution < -0.4 is 10.6 Å². The van der Waals surface area contributed by atoms with Crippen LogP contribution in [0.2, 0.25) is 0 Å². The molecule has 61 heavy (non-hydrogen) atoms. The minimum atomic E-state index is -4.46. The lowest BCUT2D eigenvalue weighted by Crippen LogP contribution is -2.11. The number of aliphatic hydroxyl groups excluding tert-OH is 1. The minimum absolute atomic E-state index is 0.0339. The highest BCUT2D eigenvalue weighted by atomic mass is 32.2. The zero-order valence-corrected chi connectivity index (χ0v) is 35.3. The molecule has 0 amide bonds. The molecule has 0 aliphatic heterocycles. The molecule has 324 valence electrons. The topological polar surface area (TPSA) is 328 Å². The van der Waals surface area contributed by atoms with Crippen LogP contribution in [0.3, 0.4) is 0 Å². The molecule has 0 aliphatic carbocycles. The molecule has 4 aromatic carbocycles. The summed E-state index contributed by atoms with van der Waals surface area (Å²) in [5.41, 5.74) is 2.03. The van der Waals surface area contributed by atoms with E-state index in [-0.39, 0.29) is 47.4 Å². The molecule has 0 unspecified atom stereocenters. The first kappa shape index (κ1) is 46.4. The van der Waals surface area contributed by atoms with Gasteiger partial charge in [0.05, 0.1) is 46.8 Å². The molecule has 0 bridgehead atoms. The second-order valence-electron chi connectivity index (χ2n) is 12.7. The van der Waals surface area contributed by atoms with Crippen molar-refractivity contribution in [2.45, 2.75) is 34.1 Å². The molecule has 0 radical (unpaired) electrons. The van der Waals surface area contributed by atoms with Gasteiger partial charge in [-0.15, -0.1) is 0 Å². The fourth-order valence-electron chi connectivity index (χ4n) is 5.23. The van der Waals surface area contributed by atoms with Gasteiger partial charge in [-0.05, 0) is 89.8 Å². The normalized spacial score (nSPS) is 12.6. The molecule has 5 N–H and O–H groups in total. The zero-order valence-electron chi connectivity index (χ0n) is 32.0. The van der Waals surface area contributed by atoms with Gasteiger partial charge in [-0.1, -0.05) is 18.2 Å². The predicted molar refractivity (Wildman–Crippen MR) is 219 cm³/mol. The van der Waals surface area contributed by atoms with E-state index in [0.29, 0.717) is 35.9 Å². The molecule has 5 aromatic rings. The molecule has 0 saturated carbocycles. The second kappa shape index (κ2) is 19.8. The van der Waals surface area contributed by atoms with Crippen LogP contribution in [-0.4, -0.2) is 90.2 Å². The van der Waals surface area contributed by atoms with E-state index < -0.39 is 61.8 Å². The van der Waals surface area contributed by atoms with E-state index >= 15 is 0 Å². The van der Waals surface area contributed by atoms with E-state index in [1.165, 1.54) is 18.2 Å². The summed E-state index contributed by atoms with van der Waals surface area (Å²) in [6, 6.07) is 20.0. The largest absolute Gasteiger partial charge is 0.396 e. The molecule has 1 aromatic heterocycles. The summed E-state index contributed by atoms with van der Waals surface area (Å²) in [6.07, 6.45) is 0.665. The van der Waals surface area contributed by atoms with Gasteiger partial charge in [0.1, 0.15) is 17.3 Å². The first-order valence-electron chi connectivity index (χ1n) is 17.4. The maximum absolute atomic E-state index is 12.3. The summed E-state index contributed by atoms with van der Waals surface area (Å²) < 4.78 is 123. The molecule has 1 heterocycles. The van der Waals surface area contributed by atoms with Gasteiger partial charge in [-0.2, -0.15) is 69.1 Å². The Labute approximate surface area is 350 Å². The molecular weight excluding hydrogens is 883 g/mol. The van der Waals surface area contributed by atoms with Crippen molar-refractivity contribution in [3.63, 3.8) is 0 Å². The van der Waals surface area contributed by atoms with Crippen molar-refractivity contribution in [3.8, 4) is 0 Å². The number of benzene rings is 4. The fraction of sp³-hybridized carbons (Fsp3) is 0.229. The van der Waals surface area contributed by atoms with Crippen molar-refractivity contribution in [2.75, 3.05) is 38.0 Å². The Morgan fingerprint density at radius 3 is 1.54 bits per heavy atom. The van der Waals surface area contributed by atoms with Gasteiger partial charge >= 0.3 is 0 Å². The van der Waals surface area contributed by atoms with Crippen molar-refractivity contribution in [1.29, 1.82) is 0 Å². The third-order valence-electron chi connectivity index (χ3n) is 7.90. The lowest BCUT2D eigenvalue weighted by Gasteiger charge is -2.10. The monoisotopic (exact) mass is 919 g/mol. The Morgan fingerprint density at radius 2 is 1.05 bits per heavy atom. The number of anilines is 3. The Bertz CT molecular complexity index is 2780.